The van der Waals surface area contributed by atoms with Gasteiger partial charge in [-0.1, -0.05) is 33.6 Å². The summed E-state index contributed by atoms with van der Waals surface area (Å²) < 4.78 is 1.00. The average molecular weight is 375 g/mol. The van der Waals surface area contributed by atoms with Gasteiger partial charge in [0.15, 0.2) is 0 Å². The first-order valence-corrected chi connectivity index (χ1v) is 8.72. The van der Waals surface area contributed by atoms with Crippen molar-refractivity contribution in [2.75, 3.05) is 40.3 Å². The van der Waals surface area contributed by atoms with E-state index in [4.69, 9.17) is 17.3 Å². The Balaban J connectivity index is 2.02. The molecule has 1 aromatic rings. The maximum absolute atomic E-state index is 6.39. The molecule has 0 bridgehead atoms. The van der Waals surface area contributed by atoms with Crippen molar-refractivity contribution in [2.45, 2.75) is 18.9 Å². The number of likely N-dealkylation sites (tertiary alicyclic amines) is 1. The Bertz CT molecular complexity index is 461. The van der Waals surface area contributed by atoms with Crippen LogP contribution in [0, 0.1) is 5.92 Å². The quantitative estimate of drug-likeness (QED) is 0.857. The lowest BCUT2D eigenvalue weighted by molar-refractivity contribution is 0.151. The van der Waals surface area contributed by atoms with Gasteiger partial charge < -0.3 is 10.6 Å². The number of piperidine rings is 1. The highest BCUT2D eigenvalue weighted by Gasteiger charge is 2.23. The van der Waals surface area contributed by atoms with Gasteiger partial charge in [0, 0.05) is 28.6 Å². The van der Waals surface area contributed by atoms with Crippen molar-refractivity contribution in [3.05, 3.63) is 33.3 Å². The lowest BCUT2D eigenvalue weighted by Crippen LogP contribution is -2.38. The van der Waals surface area contributed by atoms with Crippen molar-refractivity contribution >= 4 is 27.5 Å². The molecule has 1 atom stereocenters. The molecule has 1 fully saturated rings. The summed E-state index contributed by atoms with van der Waals surface area (Å²) in [6, 6.07) is 6.25. The Hall–Kier alpha value is -0.130. The molecule has 0 amide bonds. The summed E-state index contributed by atoms with van der Waals surface area (Å²) in [6.45, 7) is 4.07. The van der Waals surface area contributed by atoms with Crippen LogP contribution < -0.4 is 5.73 Å². The van der Waals surface area contributed by atoms with Crippen molar-refractivity contribution in [3.63, 3.8) is 0 Å². The number of rotatable bonds is 5. The fourth-order valence-electron chi connectivity index (χ4n) is 3.10. The number of halogens is 2. The van der Waals surface area contributed by atoms with Crippen LogP contribution in [0.1, 0.15) is 24.4 Å². The summed E-state index contributed by atoms with van der Waals surface area (Å²) >= 11 is 9.85. The standard InChI is InChI=1S/C16H25BrClN3/c1-20-7-5-12(6-8-20)11-21(2)16(10-19)14-4-3-13(17)9-15(14)18/h3-4,9,12,16H,5-8,10-11,19H2,1-2H3. The van der Waals surface area contributed by atoms with Crippen molar-refractivity contribution in [1.29, 1.82) is 0 Å². The van der Waals surface area contributed by atoms with Crippen molar-refractivity contribution in [2.24, 2.45) is 11.7 Å². The zero-order chi connectivity index (χ0) is 15.4. The summed E-state index contributed by atoms with van der Waals surface area (Å²) in [5.74, 6) is 0.759. The molecule has 118 valence electrons. The molecular weight excluding hydrogens is 350 g/mol. The van der Waals surface area contributed by atoms with Crippen LogP contribution in [-0.4, -0.2) is 50.1 Å². The van der Waals surface area contributed by atoms with Gasteiger partial charge in [-0.2, -0.15) is 0 Å². The Labute approximate surface area is 141 Å². The number of nitrogens with zero attached hydrogens (tertiary/aromatic N) is 2. The fourth-order valence-corrected chi connectivity index (χ4v) is 3.89. The van der Waals surface area contributed by atoms with Gasteiger partial charge in [-0.3, -0.25) is 4.90 Å². The third-order valence-electron chi connectivity index (χ3n) is 4.46. The minimum absolute atomic E-state index is 0.185. The molecule has 0 spiro atoms. The predicted molar refractivity (Wildman–Crippen MR) is 93.8 cm³/mol. The summed E-state index contributed by atoms with van der Waals surface area (Å²) in [5, 5.41) is 0.787. The summed E-state index contributed by atoms with van der Waals surface area (Å²) in [6.07, 6.45) is 2.54. The van der Waals surface area contributed by atoms with Gasteiger partial charge in [0.1, 0.15) is 0 Å². The monoisotopic (exact) mass is 373 g/mol. The molecule has 0 aliphatic carbocycles. The molecule has 2 rings (SSSR count). The van der Waals surface area contributed by atoms with Gasteiger partial charge in [0.05, 0.1) is 0 Å². The average Bonchev–Trinajstić information content (AvgIpc) is 2.44. The second-order valence-corrected chi connectivity index (χ2v) is 7.43. The SMILES string of the molecule is CN1CCC(CN(C)C(CN)c2ccc(Br)cc2Cl)CC1. The van der Waals surface area contributed by atoms with Crippen molar-refractivity contribution in [3.8, 4) is 0 Å². The highest BCUT2D eigenvalue weighted by molar-refractivity contribution is 9.10. The smallest absolute Gasteiger partial charge is 0.0482 e. The minimum Gasteiger partial charge on any atom is -0.329 e. The van der Waals surface area contributed by atoms with Gasteiger partial charge in [0.2, 0.25) is 0 Å². The van der Waals surface area contributed by atoms with E-state index in [1.807, 2.05) is 12.1 Å². The first-order chi connectivity index (χ1) is 10.0. The molecule has 1 aromatic carbocycles. The molecule has 0 saturated carbocycles. The van der Waals surface area contributed by atoms with E-state index in [-0.39, 0.29) is 6.04 Å². The van der Waals surface area contributed by atoms with E-state index in [0.29, 0.717) is 6.54 Å². The van der Waals surface area contributed by atoms with Crippen LogP contribution >= 0.6 is 27.5 Å². The zero-order valence-electron chi connectivity index (χ0n) is 12.9. The minimum atomic E-state index is 0.185. The van der Waals surface area contributed by atoms with E-state index >= 15 is 0 Å². The van der Waals surface area contributed by atoms with Gasteiger partial charge >= 0.3 is 0 Å². The molecule has 0 aromatic heterocycles. The molecule has 1 unspecified atom stereocenters. The van der Waals surface area contributed by atoms with Crippen LogP contribution in [0.4, 0.5) is 0 Å². The van der Waals surface area contributed by atoms with E-state index in [1.165, 1.54) is 25.9 Å². The Morgan fingerprint density at radius 2 is 2.10 bits per heavy atom. The summed E-state index contributed by atoms with van der Waals surface area (Å²) in [4.78, 5) is 4.77. The molecule has 21 heavy (non-hydrogen) atoms. The highest BCUT2D eigenvalue weighted by Crippen LogP contribution is 2.30. The molecule has 1 aliphatic heterocycles. The molecule has 3 nitrogen and oxygen atoms in total. The summed E-state index contributed by atoms with van der Waals surface area (Å²) in [5.41, 5.74) is 7.14. The Morgan fingerprint density at radius 1 is 1.43 bits per heavy atom. The largest absolute Gasteiger partial charge is 0.329 e. The molecule has 0 radical (unpaired) electrons. The third-order valence-corrected chi connectivity index (χ3v) is 5.28. The van der Waals surface area contributed by atoms with Gasteiger partial charge in [-0.05, 0) is 63.6 Å². The highest BCUT2D eigenvalue weighted by atomic mass is 79.9. The Kier molecular flexibility index (Phi) is 6.51. The number of likely N-dealkylation sites (N-methyl/N-ethyl adjacent to an activating group) is 1. The van der Waals surface area contributed by atoms with Crippen LogP contribution in [0.3, 0.4) is 0 Å². The van der Waals surface area contributed by atoms with E-state index in [9.17, 15) is 0 Å². The van der Waals surface area contributed by atoms with Crippen LogP contribution in [0.2, 0.25) is 5.02 Å². The maximum Gasteiger partial charge on any atom is 0.0482 e. The topological polar surface area (TPSA) is 32.5 Å². The maximum atomic E-state index is 6.39. The van der Waals surface area contributed by atoms with Crippen LogP contribution in [0.15, 0.2) is 22.7 Å². The lowest BCUT2D eigenvalue weighted by atomic mass is 9.95. The molecular formula is C16H25BrClN3. The summed E-state index contributed by atoms with van der Waals surface area (Å²) in [7, 11) is 4.36. The van der Waals surface area contributed by atoms with Gasteiger partial charge in [0.25, 0.3) is 0 Å². The molecule has 5 heteroatoms. The first-order valence-electron chi connectivity index (χ1n) is 7.55. The second kappa shape index (κ2) is 7.93. The van der Waals surface area contributed by atoms with Crippen LogP contribution in [0.25, 0.3) is 0 Å². The van der Waals surface area contributed by atoms with Crippen LogP contribution in [-0.2, 0) is 0 Å². The van der Waals surface area contributed by atoms with E-state index in [2.05, 4.69) is 45.9 Å². The number of hydrogen-bond acceptors (Lipinski definition) is 3. The number of benzene rings is 1. The number of nitrogens with two attached hydrogens (primary N) is 1. The van der Waals surface area contributed by atoms with E-state index in [0.717, 1.165) is 27.5 Å². The third kappa shape index (κ3) is 4.67. The first kappa shape index (κ1) is 17.2. The molecule has 2 N–H and O–H groups in total. The van der Waals surface area contributed by atoms with E-state index in [1.54, 1.807) is 0 Å². The molecule has 1 saturated heterocycles. The Morgan fingerprint density at radius 3 is 2.67 bits per heavy atom. The lowest BCUT2D eigenvalue weighted by Gasteiger charge is -2.35. The number of hydrogen-bond donors (Lipinski definition) is 1. The normalized spacial score (nSPS) is 19.1. The second-order valence-electron chi connectivity index (χ2n) is 6.10. The molecule has 1 heterocycles. The van der Waals surface area contributed by atoms with E-state index < -0.39 is 0 Å². The zero-order valence-corrected chi connectivity index (χ0v) is 15.2. The van der Waals surface area contributed by atoms with Crippen molar-refractivity contribution in [1.82, 2.24) is 9.80 Å². The van der Waals surface area contributed by atoms with Crippen molar-refractivity contribution < 1.29 is 0 Å². The van der Waals surface area contributed by atoms with Crippen LogP contribution in [0.5, 0.6) is 0 Å². The predicted octanol–water partition coefficient (Wildman–Crippen LogP) is 3.38. The fraction of sp³-hybridized carbons (Fsp3) is 0.625. The van der Waals surface area contributed by atoms with Gasteiger partial charge in [-0.15, -0.1) is 0 Å². The van der Waals surface area contributed by atoms with Gasteiger partial charge in [-0.25, -0.2) is 0 Å². The molecule has 1 aliphatic rings.